The number of hydrogen-bond donors (Lipinski definition) is 2. The highest BCUT2D eigenvalue weighted by Crippen LogP contribution is 2.22. The molecule has 0 aliphatic heterocycles. The molecule has 0 aliphatic rings. The number of rotatable bonds is 15. The summed E-state index contributed by atoms with van der Waals surface area (Å²) in [5.41, 5.74) is 12.9. The Morgan fingerprint density at radius 3 is 1.66 bits per heavy atom. The minimum absolute atomic E-state index is 0.156. The lowest BCUT2D eigenvalue weighted by Crippen LogP contribution is -2.49. The normalized spacial score (nSPS) is 12.3. The lowest BCUT2D eigenvalue weighted by Gasteiger charge is -2.34. The van der Waals surface area contributed by atoms with Gasteiger partial charge in [-0.1, -0.05) is 67.6 Å². The molecule has 0 bridgehead atoms. The van der Waals surface area contributed by atoms with E-state index in [9.17, 15) is 19.2 Å². The van der Waals surface area contributed by atoms with Crippen molar-refractivity contribution < 1.29 is 19.2 Å². The monoisotopic (exact) mass is 523 g/mol. The van der Waals surface area contributed by atoms with Crippen LogP contribution in [0.5, 0.6) is 0 Å². The van der Waals surface area contributed by atoms with Crippen LogP contribution in [0.2, 0.25) is 0 Å². The van der Waals surface area contributed by atoms with Crippen LogP contribution in [0.15, 0.2) is 60.7 Å². The second kappa shape index (κ2) is 15.5. The van der Waals surface area contributed by atoms with Gasteiger partial charge in [0.1, 0.15) is 6.54 Å². The molecule has 0 aromatic heterocycles. The van der Waals surface area contributed by atoms with E-state index in [0.29, 0.717) is 25.9 Å². The molecule has 9 heteroatoms. The standard InChI is InChI=1S/C29H41N5O4/c1-4-27(36)34(23(3)25-15-9-6-10-16-25)21-28(37)32(18-12-11-17-30)20-29(38)33(19-26(31)35)22(2)24-13-7-5-8-14-24/h5-10,13-16,22-23H,4,11-12,17-21,30H2,1-3H3,(H2,31,35)/t22-,23-/m0/s1. The van der Waals surface area contributed by atoms with Crippen LogP contribution in [0.3, 0.4) is 0 Å². The van der Waals surface area contributed by atoms with Gasteiger partial charge in [0.05, 0.1) is 25.2 Å². The van der Waals surface area contributed by atoms with Gasteiger partial charge in [-0.3, -0.25) is 19.2 Å². The molecule has 2 rings (SSSR count). The summed E-state index contributed by atoms with van der Waals surface area (Å²) in [4.78, 5) is 56.1. The highest BCUT2D eigenvalue weighted by Gasteiger charge is 2.29. The SMILES string of the molecule is CCC(=O)N(CC(=O)N(CCCCN)CC(=O)N(CC(N)=O)[C@@H](C)c1ccccc1)[C@@H](C)c1ccccc1. The third kappa shape index (κ3) is 8.99. The fourth-order valence-corrected chi connectivity index (χ4v) is 4.31. The largest absolute Gasteiger partial charge is 0.368 e. The summed E-state index contributed by atoms with van der Waals surface area (Å²) in [7, 11) is 0. The first-order valence-corrected chi connectivity index (χ1v) is 13.1. The van der Waals surface area contributed by atoms with Crippen LogP contribution in [0.25, 0.3) is 0 Å². The average Bonchev–Trinajstić information content (AvgIpc) is 2.93. The Hall–Kier alpha value is -3.72. The minimum Gasteiger partial charge on any atom is -0.368 e. The lowest BCUT2D eigenvalue weighted by molar-refractivity contribution is -0.146. The number of benzene rings is 2. The number of nitrogens with zero attached hydrogens (tertiary/aromatic N) is 3. The Bertz CT molecular complexity index is 1050. The average molecular weight is 524 g/mol. The fourth-order valence-electron chi connectivity index (χ4n) is 4.31. The van der Waals surface area contributed by atoms with Crippen LogP contribution in [0.4, 0.5) is 0 Å². The lowest BCUT2D eigenvalue weighted by atomic mass is 10.1. The maximum atomic E-state index is 13.6. The third-order valence-corrected chi connectivity index (χ3v) is 6.63. The second-order valence-corrected chi connectivity index (χ2v) is 9.35. The van der Waals surface area contributed by atoms with Crippen molar-refractivity contribution in [2.24, 2.45) is 11.5 Å². The molecule has 0 unspecified atom stereocenters. The molecule has 0 fully saturated rings. The van der Waals surface area contributed by atoms with E-state index in [2.05, 4.69) is 0 Å². The fraction of sp³-hybridized carbons (Fsp3) is 0.448. The van der Waals surface area contributed by atoms with Gasteiger partial charge < -0.3 is 26.2 Å². The van der Waals surface area contributed by atoms with Gasteiger partial charge in [0.2, 0.25) is 23.6 Å². The molecule has 2 aromatic carbocycles. The first-order chi connectivity index (χ1) is 18.2. The Labute approximate surface area is 225 Å². The van der Waals surface area contributed by atoms with Crippen LogP contribution in [-0.2, 0) is 19.2 Å². The topological polar surface area (TPSA) is 130 Å². The Kier molecular flexibility index (Phi) is 12.5. The van der Waals surface area contributed by atoms with Gasteiger partial charge in [-0.2, -0.15) is 0 Å². The van der Waals surface area contributed by atoms with Crippen LogP contribution < -0.4 is 11.5 Å². The van der Waals surface area contributed by atoms with Gasteiger partial charge in [-0.15, -0.1) is 0 Å². The summed E-state index contributed by atoms with van der Waals surface area (Å²) in [6, 6.07) is 18.1. The molecule has 4 amide bonds. The van der Waals surface area contributed by atoms with E-state index in [1.807, 2.05) is 74.5 Å². The number of carbonyl (C=O) groups is 4. The van der Waals surface area contributed by atoms with E-state index < -0.39 is 17.9 Å². The van der Waals surface area contributed by atoms with Gasteiger partial charge in [0.15, 0.2) is 0 Å². The van der Waals surface area contributed by atoms with Crippen LogP contribution >= 0.6 is 0 Å². The van der Waals surface area contributed by atoms with Gasteiger partial charge >= 0.3 is 0 Å². The zero-order chi connectivity index (χ0) is 28.1. The molecular weight excluding hydrogens is 482 g/mol. The van der Waals surface area contributed by atoms with Crippen LogP contribution in [0.1, 0.15) is 63.2 Å². The Morgan fingerprint density at radius 1 is 0.711 bits per heavy atom. The number of unbranched alkanes of at least 4 members (excludes halogenated alkanes) is 1. The molecule has 0 saturated heterocycles. The van der Waals surface area contributed by atoms with E-state index in [1.54, 1.807) is 11.8 Å². The van der Waals surface area contributed by atoms with E-state index in [0.717, 1.165) is 11.1 Å². The molecule has 206 valence electrons. The van der Waals surface area contributed by atoms with Crippen molar-refractivity contribution in [3.05, 3.63) is 71.8 Å². The summed E-state index contributed by atoms with van der Waals surface area (Å²) in [5.74, 6) is -1.54. The maximum absolute atomic E-state index is 13.6. The van der Waals surface area contributed by atoms with E-state index in [-0.39, 0.29) is 43.9 Å². The molecule has 0 aliphatic carbocycles. The van der Waals surface area contributed by atoms with E-state index in [4.69, 9.17) is 11.5 Å². The highest BCUT2D eigenvalue weighted by molar-refractivity contribution is 5.90. The molecule has 0 spiro atoms. The number of amides is 4. The molecule has 2 aromatic rings. The molecule has 4 N–H and O–H groups in total. The van der Waals surface area contributed by atoms with E-state index in [1.165, 1.54) is 9.80 Å². The number of primary amides is 1. The summed E-state index contributed by atoms with van der Waals surface area (Å²) in [6.45, 7) is 5.55. The van der Waals surface area contributed by atoms with Gasteiger partial charge in [0, 0.05) is 13.0 Å². The zero-order valence-electron chi connectivity index (χ0n) is 22.7. The number of carbonyl (C=O) groups excluding carboxylic acids is 4. The summed E-state index contributed by atoms with van der Waals surface area (Å²) >= 11 is 0. The zero-order valence-corrected chi connectivity index (χ0v) is 22.7. The molecule has 0 saturated carbocycles. The van der Waals surface area contributed by atoms with Crippen molar-refractivity contribution in [2.75, 3.05) is 32.7 Å². The van der Waals surface area contributed by atoms with Gasteiger partial charge in [-0.05, 0) is 44.4 Å². The summed E-state index contributed by atoms with van der Waals surface area (Å²) in [5, 5.41) is 0. The van der Waals surface area contributed by atoms with Gasteiger partial charge in [-0.25, -0.2) is 0 Å². The third-order valence-electron chi connectivity index (χ3n) is 6.63. The smallest absolute Gasteiger partial charge is 0.243 e. The van der Waals surface area contributed by atoms with Crippen molar-refractivity contribution in [2.45, 2.75) is 52.1 Å². The highest BCUT2D eigenvalue weighted by atomic mass is 16.2. The summed E-state index contributed by atoms with van der Waals surface area (Å²) < 4.78 is 0. The van der Waals surface area contributed by atoms with Gasteiger partial charge in [0.25, 0.3) is 0 Å². The summed E-state index contributed by atoms with van der Waals surface area (Å²) in [6.07, 6.45) is 1.54. The predicted octanol–water partition coefficient (Wildman–Crippen LogP) is 2.63. The molecular formula is C29H41N5O4. The molecule has 2 atom stereocenters. The van der Waals surface area contributed by atoms with Crippen molar-refractivity contribution in [3.8, 4) is 0 Å². The molecule has 0 heterocycles. The first kappa shape index (κ1) is 30.5. The van der Waals surface area contributed by atoms with Crippen molar-refractivity contribution in [3.63, 3.8) is 0 Å². The predicted molar refractivity (Wildman–Crippen MR) is 147 cm³/mol. The maximum Gasteiger partial charge on any atom is 0.243 e. The van der Waals surface area contributed by atoms with Crippen molar-refractivity contribution in [1.29, 1.82) is 0 Å². The van der Waals surface area contributed by atoms with Crippen LogP contribution in [-0.4, -0.2) is 71.1 Å². The number of nitrogens with two attached hydrogens (primary N) is 2. The second-order valence-electron chi connectivity index (χ2n) is 9.35. The Balaban J connectivity index is 2.27. The minimum atomic E-state index is -0.640. The molecule has 9 nitrogen and oxygen atoms in total. The quantitative estimate of drug-likeness (QED) is 0.347. The van der Waals surface area contributed by atoms with Crippen molar-refractivity contribution in [1.82, 2.24) is 14.7 Å². The first-order valence-electron chi connectivity index (χ1n) is 13.1. The van der Waals surface area contributed by atoms with Crippen LogP contribution in [0, 0.1) is 0 Å². The molecule has 0 radical (unpaired) electrons. The Morgan fingerprint density at radius 2 is 1.21 bits per heavy atom. The van der Waals surface area contributed by atoms with E-state index >= 15 is 0 Å². The van der Waals surface area contributed by atoms with Crippen molar-refractivity contribution >= 4 is 23.6 Å². The number of hydrogen-bond acceptors (Lipinski definition) is 5. The molecule has 38 heavy (non-hydrogen) atoms.